The van der Waals surface area contributed by atoms with Crippen LogP contribution in [0.4, 0.5) is 0 Å². The number of aliphatic hydroxyl groups excluding tert-OH is 1. The summed E-state index contributed by atoms with van der Waals surface area (Å²) >= 11 is 0. The molecule has 1 aliphatic rings. The van der Waals surface area contributed by atoms with E-state index in [4.69, 9.17) is 13.8 Å². The van der Waals surface area contributed by atoms with Crippen molar-refractivity contribution in [3.05, 3.63) is 71.8 Å². The van der Waals surface area contributed by atoms with Gasteiger partial charge in [0.1, 0.15) is 17.1 Å². The van der Waals surface area contributed by atoms with E-state index in [0.717, 1.165) is 17.7 Å². The highest BCUT2D eigenvalue weighted by Crippen LogP contribution is 2.48. The van der Waals surface area contributed by atoms with Gasteiger partial charge in [0.2, 0.25) is 0 Å². The van der Waals surface area contributed by atoms with Gasteiger partial charge in [-0.3, -0.25) is 4.57 Å². The molecule has 2 aromatic carbocycles. The number of hydrogen-bond donors (Lipinski definition) is 2. The first kappa shape index (κ1) is 26.5. The number of rotatable bonds is 11. The Bertz CT molecular complexity index is 995. The summed E-state index contributed by atoms with van der Waals surface area (Å²) < 4.78 is 28.6. The molecule has 6 nitrogen and oxygen atoms in total. The number of aromatic hydroxyl groups is 1. The third-order valence-corrected chi connectivity index (χ3v) is 8.43. The Morgan fingerprint density at radius 2 is 1.76 bits per heavy atom. The highest BCUT2D eigenvalue weighted by molar-refractivity contribution is 7.53. The monoisotopic (exact) mass is 488 g/mol. The number of phenolic OH excluding ortho intramolecular Hbond substituents is 1. The van der Waals surface area contributed by atoms with Crippen LogP contribution in [-0.4, -0.2) is 42.3 Å². The van der Waals surface area contributed by atoms with Crippen LogP contribution in [0, 0.1) is 5.92 Å². The zero-order valence-corrected chi connectivity index (χ0v) is 21.4. The van der Waals surface area contributed by atoms with Crippen molar-refractivity contribution in [2.45, 2.75) is 57.2 Å². The summed E-state index contributed by atoms with van der Waals surface area (Å²) in [6.07, 6.45) is 6.38. The number of benzene rings is 2. The third-order valence-electron chi connectivity index (χ3n) is 6.55. The average molecular weight is 489 g/mol. The molecule has 0 saturated heterocycles. The molecular weight excluding hydrogens is 451 g/mol. The van der Waals surface area contributed by atoms with Crippen LogP contribution in [-0.2, 0) is 20.0 Å². The standard InChI is InChI=1S/C27H37O6P/c1-27(2,33-21-11-6-5-7-12-21)18-9-14-23-22(15-16-25(23)28)24-13-8-10-20(26(24)29)17-19-34(30,31-3)32-4/h5-14,22-23,25,28-29H,15-19H2,1-4H3/b14-9+/t22-,23?,25+/m0/s1. The summed E-state index contributed by atoms with van der Waals surface area (Å²) in [4.78, 5) is 0. The summed E-state index contributed by atoms with van der Waals surface area (Å²) in [6.45, 7) is 4.09. The van der Waals surface area contributed by atoms with Crippen LogP contribution < -0.4 is 4.74 Å². The van der Waals surface area contributed by atoms with Crippen LogP contribution in [0.2, 0.25) is 0 Å². The molecule has 0 spiro atoms. The molecule has 34 heavy (non-hydrogen) atoms. The zero-order chi connectivity index (χ0) is 24.8. The second-order valence-electron chi connectivity index (χ2n) is 9.44. The first-order chi connectivity index (χ1) is 16.2. The highest BCUT2D eigenvalue weighted by Gasteiger charge is 2.36. The molecule has 7 heteroatoms. The van der Waals surface area contributed by atoms with Gasteiger partial charge in [0, 0.05) is 26.6 Å². The van der Waals surface area contributed by atoms with Crippen molar-refractivity contribution in [3.8, 4) is 11.5 Å². The Morgan fingerprint density at radius 3 is 2.44 bits per heavy atom. The lowest BCUT2D eigenvalue weighted by molar-refractivity contribution is 0.112. The number of phenols is 1. The van der Waals surface area contributed by atoms with Crippen molar-refractivity contribution in [2.24, 2.45) is 5.92 Å². The Hall–Kier alpha value is -2.11. The van der Waals surface area contributed by atoms with Crippen LogP contribution in [0.1, 0.15) is 50.2 Å². The molecule has 0 heterocycles. The van der Waals surface area contributed by atoms with Gasteiger partial charge in [-0.25, -0.2) is 0 Å². The molecular formula is C27H37O6P. The summed E-state index contributed by atoms with van der Waals surface area (Å²) in [5.74, 6) is 0.929. The van der Waals surface area contributed by atoms with Crippen molar-refractivity contribution in [2.75, 3.05) is 20.4 Å². The minimum atomic E-state index is -3.16. The lowest BCUT2D eigenvalue weighted by Gasteiger charge is -2.26. The summed E-state index contributed by atoms with van der Waals surface area (Å²) in [5.41, 5.74) is 1.12. The number of aliphatic hydroxyl groups is 1. The minimum Gasteiger partial charge on any atom is -0.507 e. The Kier molecular flexibility index (Phi) is 9.00. The van der Waals surface area contributed by atoms with E-state index in [1.54, 1.807) is 0 Å². The maximum Gasteiger partial charge on any atom is 0.330 e. The van der Waals surface area contributed by atoms with Gasteiger partial charge in [-0.05, 0) is 62.3 Å². The predicted molar refractivity (Wildman–Crippen MR) is 135 cm³/mol. The van der Waals surface area contributed by atoms with Gasteiger partial charge in [-0.1, -0.05) is 48.6 Å². The normalized spacial score (nSPS) is 21.3. The molecule has 0 radical (unpaired) electrons. The largest absolute Gasteiger partial charge is 0.507 e. The minimum absolute atomic E-state index is 0.000934. The fraction of sp³-hybridized carbons (Fsp3) is 0.481. The van der Waals surface area contributed by atoms with Gasteiger partial charge < -0.3 is 24.0 Å². The van der Waals surface area contributed by atoms with E-state index in [-0.39, 0.29) is 23.7 Å². The number of aryl methyl sites for hydroxylation is 1. The average Bonchev–Trinajstić information content (AvgIpc) is 3.18. The molecule has 0 bridgehead atoms. The fourth-order valence-corrected chi connectivity index (χ4v) is 5.64. The van der Waals surface area contributed by atoms with Crippen molar-refractivity contribution >= 4 is 7.60 Å². The van der Waals surface area contributed by atoms with Gasteiger partial charge in [0.05, 0.1) is 12.3 Å². The van der Waals surface area contributed by atoms with Crippen LogP contribution in [0.15, 0.2) is 60.7 Å². The summed E-state index contributed by atoms with van der Waals surface area (Å²) in [7, 11) is -0.430. The van der Waals surface area contributed by atoms with E-state index in [0.29, 0.717) is 24.8 Å². The molecule has 1 saturated carbocycles. The van der Waals surface area contributed by atoms with Gasteiger partial charge in [-0.2, -0.15) is 0 Å². The second-order valence-corrected chi connectivity index (χ2v) is 11.8. The first-order valence-corrected chi connectivity index (χ1v) is 13.5. The van der Waals surface area contributed by atoms with E-state index in [2.05, 4.69) is 12.2 Å². The first-order valence-electron chi connectivity index (χ1n) is 11.8. The zero-order valence-electron chi connectivity index (χ0n) is 20.5. The molecule has 2 aromatic rings. The Morgan fingerprint density at radius 1 is 1.06 bits per heavy atom. The van der Waals surface area contributed by atoms with Crippen molar-refractivity contribution in [1.82, 2.24) is 0 Å². The topological polar surface area (TPSA) is 85.2 Å². The quantitative estimate of drug-likeness (QED) is 0.295. The van der Waals surface area contributed by atoms with Gasteiger partial charge >= 0.3 is 7.60 Å². The molecule has 2 N–H and O–H groups in total. The van der Waals surface area contributed by atoms with Crippen LogP contribution in [0.5, 0.6) is 11.5 Å². The molecule has 3 rings (SSSR count). The van der Waals surface area contributed by atoms with E-state index < -0.39 is 19.3 Å². The van der Waals surface area contributed by atoms with E-state index in [1.807, 2.05) is 62.4 Å². The van der Waals surface area contributed by atoms with Gasteiger partial charge in [0.15, 0.2) is 0 Å². The molecule has 0 aliphatic heterocycles. The van der Waals surface area contributed by atoms with Crippen LogP contribution in [0.25, 0.3) is 0 Å². The number of ether oxygens (including phenoxy) is 1. The lowest BCUT2D eigenvalue weighted by atomic mass is 9.85. The molecule has 0 amide bonds. The SMILES string of the molecule is COP(=O)(CCc1cccc([C@H]2CC[C@@H](O)C2/C=C/CC(C)(C)Oc2ccccc2)c1O)OC. The van der Waals surface area contributed by atoms with Crippen molar-refractivity contribution in [3.63, 3.8) is 0 Å². The Labute approximate surface area is 203 Å². The van der Waals surface area contributed by atoms with E-state index in [9.17, 15) is 14.8 Å². The van der Waals surface area contributed by atoms with E-state index in [1.165, 1.54) is 14.2 Å². The maximum absolute atomic E-state index is 12.4. The number of hydrogen-bond acceptors (Lipinski definition) is 6. The molecule has 1 fully saturated rings. The second kappa shape index (κ2) is 11.5. The smallest absolute Gasteiger partial charge is 0.330 e. The van der Waals surface area contributed by atoms with Gasteiger partial charge in [0.25, 0.3) is 0 Å². The van der Waals surface area contributed by atoms with Gasteiger partial charge in [-0.15, -0.1) is 0 Å². The van der Waals surface area contributed by atoms with Crippen LogP contribution >= 0.6 is 7.60 Å². The van der Waals surface area contributed by atoms with Crippen molar-refractivity contribution in [1.29, 1.82) is 0 Å². The lowest BCUT2D eigenvalue weighted by Crippen LogP contribution is -2.27. The Balaban J connectivity index is 1.71. The molecule has 186 valence electrons. The molecule has 0 aromatic heterocycles. The molecule has 1 unspecified atom stereocenters. The summed E-state index contributed by atoms with van der Waals surface area (Å²) in [5, 5.41) is 21.7. The fourth-order valence-electron chi connectivity index (χ4n) is 4.61. The van der Waals surface area contributed by atoms with Crippen LogP contribution in [0.3, 0.4) is 0 Å². The summed E-state index contributed by atoms with van der Waals surface area (Å²) in [6, 6.07) is 15.4. The number of para-hydroxylation sites is 2. The highest BCUT2D eigenvalue weighted by atomic mass is 31.2. The molecule has 1 aliphatic carbocycles. The third kappa shape index (κ3) is 6.73. The van der Waals surface area contributed by atoms with Crippen molar-refractivity contribution < 1.29 is 28.6 Å². The molecule has 3 atom stereocenters. The predicted octanol–water partition coefficient (Wildman–Crippen LogP) is 6.08. The van der Waals surface area contributed by atoms with E-state index >= 15 is 0 Å². The maximum atomic E-state index is 12.4.